The number of furan rings is 1. The molecule has 0 unspecified atom stereocenters. The lowest BCUT2D eigenvalue weighted by atomic mass is 10.0. The minimum absolute atomic E-state index is 0.452. The molecule has 0 radical (unpaired) electrons. The van der Waals surface area contributed by atoms with E-state index < -0.39 is 0 Å². The Hall–Kier alpha value is -8.58. The van der Waals surface area contributed by atoms with Gasteiger partial charge in [0.25, 0.3) is 0 Å². The number of aryl methyl sites for hydroxylation is 1. The van der Waals surface area contributed by atoms with Crippen molar-refractivity contribution in [3.63, 3.8) is 0 Å². The average molecular weight is 780 g/mol. The summed E-state index contributed by atoms with van der Waals surface area (Å²) in [7, 11) is 0. The predicted molar refractivity (Wildman–Crippen MR) is 250 cm³/mol. The first kappa shape index (κ1) is 34.5. The van der Waals surface area contributed by atoms with Crippen LogP contribution < -0.4 is 0 Å². The van der Waals surface area contributed by atoms with Gasteiger partial charge in [-0.15, -0.1) is 0 Å². The summed E-state index contributed by atoms with van der Waals surface area (Å²) in [6.45, 7) is 6.06. The van der Waals surface area contributed by atoms with Gasteiger partial charge in [0, 0.05) is 48.8 Å². The second-order valence-electron chi connectivity index (χ2n) is 15.6. The zero-order chi connectivity index (χ0) is 40.9. The molecule has 61 heavy (non-hydrogen) atoms. The lowest BCUT2D eigenvalue weighted by Crippen LogP contribution is -2.04. The van der Waals surface area contributed by atoms with E-state index in [0.29, 0.717) is 22.5 Å². The monoisotopic (exact) mass is 779 g/mol. The number of hydrogen-bond acceptors (Lipinski definition) is 3. The second-order valence-corrected chi connectivity index (χ2v) is 15.6. The van der Waals surface area contributed by atoms with Crippen LogP contribution in [0.3, 0.4) is 0 Å². The van der Waals surface area contributed by atoms with Gasteiger partial charge in [0.1, 0.15) is 23.3 Å². The van der Waals surface area contributed by atoms with Crippen molar-refractivity contribution in [2.24, 2.45) is 0 Å². The van der Waals surface area contributed by atoms with Crippen LogP contribution in [0.2, 0.25) is 0 Å². The summed E-state index contributed by atoms with van der Waals surface area (Å²) in [6, 6.07) is 57.2. The smallest absolute Gasteiger partial charge is 0.136 e. The lowest BCUT2D eigenvalue weighted by Gasteiger charge is -2.16. The summed E-state index contributed by atoms with van der Waals surface area (Å²) in [5.74, 6) is 0. The largest absolute Gasteiger partial charge is 0.456 e. The summed E-state index contributed by atoms with van der Waals surface area (Å²) >= 11 is 0. The number of nitrogens with zero attached hydrogens (tertiary/aromatic N) is 5. The first-order valence-corrected chi connectivity index (χ1v) is 20.3. The highest BCUT2D eigenvalue weighted by atomic mass is 16.3. The van der Waals surface area contributed by atoms with Crippen molar-refractivity contribution in [3.8, 4) is 29.2 Å². The Morgan fingerprint density at radius 3 is 1.69 bits per heavy atom. The minimum atomic E-state index is 0.452. The predicted octanol–water partition coefficient (Wildman–Crippen LogP) is 14.1. The number of aromatic nitrogens is 3. The molecule has 8 aromatic carbocycles. The van der Waals surface area contributed by atoms with Crippen LogP contribution in [0, 0.1) is 29.6 Å². The molecule has 0 aliphatic rings. The lowest BCUT2D eigenvalue weighted by molar-refractivity contribution is 0.669. The maximum Gasteiger partial charge on any atom is 0.136 e. The van der Waals surface area contributed by atoms with Gasteiger partial charge in [0.05, 0.1) is 55.6 Å². The fraction of sp³-hybridized carbons (Fsp3) is 0.0182. The maximum atomic E-state index is 11.1. The molecular weight excluding hydrogens is 747 g/mol. The van der Waals surface area contributed by atoms with Crippen LogP contribution in [0.5, 0.6) is 0 Å². The first-order chi connectivity index (χ1) is 30.1. The Balaban J connectivity index is 1.14. The highest BCUT2D eigenvalue weighted by Crippen LogP contribution is 2.44. The molecule has 0 amide bonds. The molecule has 12 rings (SSSR count). The molecule has 0 bridgehead atoms. The fourth-order valence-electron chi connectivity index (χ4n) is 9.90. The Kier molecular flexibility index (Phi) is 7.32. The van der Waals surface area contributed by atoms with E-state index in [1.807, 2.05) is 54.6 Å². The van der Waals surface area contributed by atoms with E-state index in [-0.39, 0.29) is 0 Å². The Morgan fingerprint density at radius 1 is 0.492 bits per heavy atom. The molecule has 6 heteroatoms. The Morgan fingerprint density at radius 2 is 1.03 bits per heavy atom. The molecule has 284 valence electrons. The highest BCUT2D eigenvalue weighted by molar-refractivity contribution is 6.27. The van der Waals surface area contributed by atoms with E-state index in [2.05, 4.69) is 149 Å². The molecule has 0 fully saturated rings. The van der Waals surface area contributed by atoms with Gasteiger partial charge in [-0.05, 0) is 90.8 Å². The van der Waals surface area contributed by atoms with E-state index in [4.69, 9.17) is 4.42 Å². The summed E-state index contributed by atoms with van der Waals surface area (Å²) in [6.07, 6.45) is 5.82. The van der Waals surface area contributed by atoms with E-state index in [9.17, 15) is 10.5 Å². The molecule has 0 saturated heterocycles. The minimum Gasteiger partial charge on any atom is -0.456 e. The van der Waals surface area contributed by atoms with Gasteiger partial charge in [-0.1, -0.05) is 104 Å². The first-order valence-electron chi connectivity index (χ1n) is 20.3. The number of para-hydroxylation sites is 4. The Labute approximate surface area is 349 Å². The molecule has 0 atom stereocenters. The number of nitriles is 2. The molecule has 0 spiro atoms. The highest BCUT2D eigenvalue weighted by Gasteiger charge is 2.24. The van der Waals surface area contributed by atoms with Gasteiger partial charge in [-0.3, -0.25) is 0 Å². The summed E-state index contributed by atoms with van der Waals surface area (Å²) in [5, 5.41) is 30.8. The number of allylic oxidation sites excluding steroid dienone is 2. The van der Waals surface area contributed by atoms with Crippen molar-refractivity contribution >= 4 is 93.4 Å². The summed E-state index contributed by atoms with van der Waals surface area (Å²) in [5.41, 5.74) is 13.0. The average Bonchev–Trinajstić information content (AvgIpc) is 4.04. The normalized spacial score (nSPS) is 12.0. The number of benzene rings is 8. The van der Waals surface area contributed by atoms with Gasteiger partial charge < -0.3 is 18.1 Å². The molecule has 0 saturated carbocycles. The molecule has 4 heterocycles. The summed E-state index contributed by atoms with van der Waals surface area (Å²) in [4.78, 5) is 0. The van der Waals surface area contributed by atoms with Gasteiger partial charge in [-0.25, -0.2) is 0 Å². The van der Waals surface area contributed by atoms with Crippen molar-refractivity contribution in [1.29, 1.82) is 10.5 Å². The Bertz CT molecular complexity index is 3950. The van der Waals surface area contributed by atoms with Gasteiger partial charge in [0.15, 0.2) is 0 Å². The van der Waals surface area contributed by atoms with Crippen LogP contribution in [-0.4, -0.2) is 13.7 Å². The van der Waals surface area contributed by atoms with Crippen LogP contribution >= 0.6 is 0 Å². The maximum absolute atomic E-state index is 11.1. The van der Waals surface area contributed by atoms with Crippen LogP contribution in [0.25, 0.3) is 110 Å². The third-order valence-corrected chi connectivity index (χ3v) is 12.5. The zero-order valence-corrected chi connectivity index (χ0v) is 33.0. The summed E-state index contributed by atoms with van der Waals surface area (Å²) < 4.78 is 12.9. The van der Waals surface area contributed by atoms with Crippen molar-refractivity contribution in [1.82, 2.24) is 13.7 Å². The fourth-order valence-corrected chi connectivity index (χ4v) is 9.90. The van der Waals surface area contributed by atoms with Crippen molar-refractivity contribution in [3.05, 3.63) is 193 Å². The van der Waals surface area contributed by atoms with Crippen LogP contribution in [0.15, 0.2) is 175 Å². The number of hydrogen-bond donors (Lipinski definition) is 0. The molecule has 0 aliphatic heterocycles. The van der Waals surface area contributed by atoms with Gasteiger partial charge >= 0.3 is 0 Å². The van der Waals surface area contributed by atoms with Crippen LogP contribution in [0.4, 0.5) is 0 Å². The zero-order valence-electron chi connectivity index (χ0n) is 33.0. The molecule has 6 nitrogen and oxygen atoms in total. The second kappa shape index (κ2) is 13.0. The van der Waals surface area contributed by atoms with Crippen molar-refractivity contribution < 1.29 is 4.42 Å². The van der Waals surface area contributed by atoms with Gasteiger partial charge in [0.2, 0.25) is 0 Å². The van der Waals surface area contributed by atoms with E-state index in [0.717, 1.165) is 93.4 Å². The van der Waals surface area contributed by atoms with Crippen LogP contribution in [0.1, 0.15) is 22.3 Å². The van der Waals surface area contributed by atoms with Gasteiger partial charge in [-0.2, -0.15) is 10.5 Å². The van der Waals surface area contributed by atoms with Crippen molar-refractivity contribution in [2.45, 2.75) is 6.92 Å². The quantitative estimate of drug-likeness (QED) is 0.163. The number of fused-ring (bicyclic) bond motifs is 13. The van der Waals surface area contributed by atoms with E-state index in [1.54, 1.807) is 6.08 Å². The SMILES string of the molecule is C=C/C=C\c1ccc2c(c1C)c1cc(-n3c4ccccc4c4ccccc43)ccc1n2-c1cc(C#N)c(-n2c3ccccc3c3c4c(ccc32)oc2ccccc24)cc1C#N. The topological polar surface area (TPSA) is 75.5 Å². The molecular formula is C55H33N5O. The number of rotatable bonds is 5. The third-order valence-electron chi connectivity index (χ3n) is 12.5. The van der Waals surface area contributed by atoms with E-state index in [1.165, 1.54) is 10.8 Å². The standard InChI is InChI=1S/C55H33N5O/c1-3-4-13-34-22-24-47-53(33(34)2)42-30-37(58-43-18-9-5-14-38(43)39-15-6-10-19-44(39)58)23-25-46(42)60(47)50-29-35(31-56)49(28-36(50)32-57)59-45-20-11-7-16-40(45)54-48(59)26-27-52-55(54)41-17-8-12-21-51(41)61-52/h3-30H,1H2,2H3/b13-4-. The van der Waals surface area contributed by atoms with E-state index >= 15 is 0 Å². The molecule has 12 aromatic rings. The third kappa shape index (κ3) is 4.76. The molecule has 4 aromatic heterocycles. The van der Waals surface area contributed by atoms with Crippen LogP contribution in [-0.2, 0) is 0 Å². The molecule has 0 aliphatic carbocycles. The van der Waals surface area contributed by atoms with Crippen molar-refractivity contribution in [2.75, 3.05) is 0 Å². The molecule has 0 N–H and O–H groups in total.